The summed E-state index contributed by atoms with van der Waals surface area (Å²) in [7, 11) is -3.75. The van der Waals surface area contributed by atoms with Gasteiger partial charge in [0.15, 0.2) is 15.5 Å². The molecule has 0 spiro atoms. The van der Waals surface area contributed by atoms with E-state index in [-0.39, 0.29) is 40.4 Å². The highest BCUT2D eigenvalue weighted by atomic mass is 32.2. The predicted octanol–water partition coefficient (Wildman–Crippen LogP) is 3.42. The van der Waals surface area contributed by atoms with E-state index in [9.17, 15) is 13.2 Å². The van der Waals surface area contributed by atoms with Gasteiger partial charge in [-0.3, -0.25) is 14.9 Å². The summed E-state index contributed by atoms with van der Waals surface area (Å²) in [6, 6.07) is 13.6. The monoisotopic (exact) mass is 583 g/mol. The van der Waals surface area contributed by atoms with Crippen LogP contribution in [0.3, 0.4) is 0 Å². The summed E-state index contributed by atoms with van der Waals surface area (Å²) in [4.78, 5) is 29.0. The molecule has 12 nitrogen and oxygen atoms in total. The molecule has 0 saturated carbocycles. The number of piperidine rings is 1. The van der Waals surface area contributed by atoms with Crippen molar-refractivity contribution in [2.24, 2.45) is 0 Å². The van der Waals surface area contributed by atoms with Crippen LogP contribution in [-0.2, 0) is 9.84 Å². The number of H-pyrrole nitrogens is 1. The second-order valence-corrected chi connectivity index (χ2v) is 13.0. The zero-order valence-corrected chi connectivity index (χ0v) is 23.9. The zero-order valence-electron chi connectivity index (χ0n) is 23.1. The van der Waals surface area contributed by atoms with Crippen LogP contribution in [0.4, 0.5) is 5.82 Å². The highest BCUT2D eigenvalue weighted by molar-refractivity contribution is 7.91. The Balaban J connectivity index is 1.27. The number of amides is 1. The lowest BCUT2D eigenvalue weighted by Gasteiger charge is -2.38. The molecule has 3 N–H and O–H groups in total. The number of carbonyl (C=O) groups is 1. The highest BCUT2D eigenvalue weighted by Crippen LogP contribution is 2.45. The average Bonchev–Trinajstić information content (AvgIpc) is 3.68. The van der Waals surface area contributed by atoms with Crippen molar-refractivity contribution in [3.05, 3.63) is 72.2 Å². The second kappa shape index (κ2) is 9.72. The minimum atomic E-state index is -3.75. The summed E-state index contributed by atoms with van der Waals surface area (Å²) in [5.74, 6) is 0.340. The number of nitrogens with one attached hydrogen (secondary N) is 1. The lowest BCUT2D eigenvalue weighted by molar-refractivity contribution is 0.0556. The third-order valence-electron chi connectivity index (χ3n) is 8.32. The van der Waals surface area contributed by atoms with Crippen molar-refractivity contribution in [2.75, 3.05) is 12.0 Å². The van der Waals surface area contributed by atoms with Gasteiger partial charge in [-0.05, 0) is 38.7 Å². The third-order valence-corrected chi connectivity index (χ3v) is 9.48. The first kappa shape index (κ1) is 26.3. The second-order valence-electron chi connectivity index (χ2n) is 11.1. The standard InChI is InChI=1S/C29H29N9O3S/c1-16-33-27(36-35-16)29(39)37-20-9-10-21(37)13-19(12-20)24-25(42(2,40)41)26(30)38-28(34-24)22(15-32-38)18-8-11-23(31-14-18)17-6-4-3-5-7-17/h3-8,11,14-15,19-21H,9-10,12-13,30H2,1-2H3,(H,33,35,36). The Hall–Kier alpha value is -4.65. The Labute approximate surface area is 241 Å². The molecule has 2 saturated heterocycles. The van der Waals surface area contributed by atoms with Crippen molar-refractivity contribution >= 4 is 27.2 Å². The summed E-state index contributed by atoms with van der Waals surface area (Å²) in [6.07, 6.45) is 7.31. The van der Waals surface area contributed by atoms with Gasteiger partial charge in [0, 0.05) is 47.1 Å². The molecular formula is C29H29N9O3S. The van der Waals surface area contributed by atoms with Gasteiger partial charge in [-0.15, -0.1) is 5.10 Å². The van der Waals surface area contributed by atoms with Gasteiger partial charge in [0.1, 0.15) is 16.5 Å². The number of nitrogens with zero attached hydrogens (tertiary/aromatic N) is 7. The minimum absolute atomic E-state index is 0.00373. The molecule has 5 aromatic rings. The topological polar surface area (TPSA) is 165 Å². The first-order valence-electron chi connectivity index (χ1n) is 13.8. The van der Waals surface area contributed by atoms with Gasteiger partial charge in [-0.1, -0.05) is 36.4 Å². The normalized spacial score (nSPS) is 20.3. The number of benzene rings is 1. The molecule has 2 bridgehead atoms. The fourth-order valence-corrected chi connectivity index (χ4v) is 7.56. The van der Waals surface area contributed by atoms with Crippen LogP contribution in [0.15, 0.2) is 59.8 Å². The van der Waals surface area contributed by atoms with E-state index in [4.69, 9.17) is 10.7 Å². The summed E-state index contributed by atoms with van der Waals surface area (Å²) >= 11 is 0. The quantitative estimate of drug-likeness (QED) is 0.315. The van der Waals surface area contributed by atoms with Gasteiger partial charge in [0.25, 0.3) is 5.91 Å². The van der Waals surface area contributed by atoms with E-state index in [1.54, 1.807) is 19.3 Å². The Bertz CT molecular complexity index is 1920. The van der Waals surface area contributed by atoms with Crippen LogP contribution in [0, 0.1) is 6.92 Å². The minimum Gasteiger partial charge on any atom is -0.382 e. The summed E-state index contributed by atoms with van der Waals surface area (Å²) in [5.41, 5.74) is 10.7. The van der Waals surface area contributed by atoms with Crippen LogP contribution in [0.25, 0.3) is 28.0 Å². The molecule has 2 atom stereocenters. The Morgan fingerprint density at radius 2 is 1.74 bits per heavy atom. The van der Waals surface area contributed by atoms with Crippen molar-refractivity contribution in [2.45, 2.75) is 55.5 Å². The zero-order chi connectivity index (χ0) is 29.2. The van der Waals surface area contributed by atoms with Crippen LogP contribution in [0.1, 0.15) is 53.7 Å². The lowest BCUT2D eigenvalue weighted by atomic mass is 9.87. The maximum absolute atomic E-state index is 13.3. The number of fused-ring (bicyclic) bond motifs is 3. The molecule has 2 unspecified atom stereocenters. The molecule has 1 amide bonds. The number of anilines is 1. The van der Waals surface area contributed by atoms with E-state index in [1.165, 1.54) is 4.52 Å². The van der Waals surface area contributed by atoms with E-state index in [2.05, 4.69) is 25.3 Å². The van der Waals surface area contributed by atoms with Crippen LogP contribution in [0.5, 0.6) is 0 Å². The summed E-state index contributed by atoms with van der Waals surface area (Å²) in [6.45, 7) is 1.75. The molecule has 0 radical (unpaired) electrons. The van der Waals surface area contributed by atoms with E-state index in [0.29, 0.717) is 35.6 Å². The van der Waals surface area contributed by atoms with E-state index >= 15 is 0 Å². The highest BCUT2D eigenvalue weighted by Gasteiger charge is 2.46. The predicted molar refractivity (Wildman–Crippen MR) is 155 cm³/mol. The molecule has 13 heteroatoms. The van der Waals surface area contributed by atoms with Gasteiger partial charge in [0.05, 0.1) is 17.6 Å². The summed E-state index contributed by atoms with van der Waals surface area (Å²) in [5, 5.41) is 11.2. The van der Waals surface area contributed by atoms with Crippen molar-refractivity contribution < 1.29 is 13.2 Å². The number of sulfone groups is 1. The van der Waals surface area contributed by atoms with Crippen LogP contribution >= 0.6 is 0 Å². The van der Waals surface area contributed by atoms with Crippen molar-refractivity contribution in [3.8, 4) is 22.4 Å². The van der Waals surface area contributed by atoms with Gasteiger partial charge in [-0.2, -0.15) is 9.61 Å². The number of hydrogen-bond acceptors (Lipinski definition) is 9. The van der Waals surface area contributed by atoms with Crippen LogP contribution in [-0.4, -0.2) is 72.3 Å². The fraction of sp³-hybridized carbons (Fsp3) is 0.310. The summed E-state index contributed by atoms with van der Waals surface area (Å²) < 4.78 is 27.6. The smallest absolute Gasteiger partial charge is 0.294 e. The number of aromatic nitrogens is 7. The molecule has 1 aromatic carbocycles. The maximum atomic E-state index is 13.3. The average molecular weight is 584 g/mol. The largest absolute Gasteiger partial charge is 0.382 e. The van der Waals surface area contributed by atoms with E-state index < -0.39 is 9.84 Å². The molecule has 2 aliphatic rings. The number of nitrogen functional groups attached to an aromatic ring is 1. The van der Waals surface area contributed by atoms with Gasteiger partial charge >= 0.3 is 0 Å². The first-order chi connectivity index (χ1) is 20.2. The number of hydrogen-bond donors (Lipinski definition) is 2. The van der Waals surface area contributed by atoms with Crippen molar-refractivity contribution in [1.82, 2.24) is 39.7 Å². The van der Waals surface area contributed by atoms with Crippen LogP contribution < -0.4 is 5.73 Å². The SMILES string of the molecule is Cc1nc(C(=O)N2C3CCC2CC(c2nc4c(-c5ccc(-c6ccccc6)nc5)cnn4c(N)c2S(C)(=O)=O)C3)n[nH]1. The van der Waals surface area contributed by atoms with Gasteiger partial charge in [0.2, 0.25) is 5.82 Å². The number of carbonyl (C=O) groups excluding carboxylic acids is 1. The van der Waals surface area contributed by atoms with Gasteiger partial charge in [-0.25, -0.2) is 18.4 Å². The third kappa shape index (κ3) is 4.31. The van der Waals surface area contributed by atoms with Crippen molar-refractivity contribution in [3.63, 3.8) is 0 Å². The molecule has 0 aliphatic carbocycles. The molecule has 2 fully saturated rings. The van der Waals surface area contributed by atoms with E-state index in [0.717, 1.165) is 35.9 Å². The molecule has 214 valence electrons. The molecule has 2 aliphatic heterocycles. The Kier molecular flexibility index (Phi) is 6.08. The van der Waals surface area contributed by atoms with Crippen LogP contribution in [0.2, 0.25) is 0 Å². The number of aromatic amines is 1. The first-order valence-corrected chi connectivity index (χ1v) is 15.7. The fourth-order valence-electron chi connectivity index (χ4n) is 6.50. The number of rotatable bonds is 5. The molecule has 4 aromatic heterocycles. The van der Waals surface area contributed by atoms with Crippen molar-refractivity contribution in [1.29, 1.82) is 0 Å². The van der Waals surface area contributed by atoms with Gasteiger partial charge < -0.3 is 10.6 Å². The molecule has 7 rings (SSSR count). The lowest BCUT2D eigenvalue weighted by Crippen LogP contribution is -2.46. The number of pyridine rings is 1. The number of nitrogens with two attached hydrogens (primary N) is 1. The number of aryl methyl sites for hydroxylation is 1. The molecular weight excluding hydrogens is 554 g/mol. The Morgan fingerprint density at radius 1 is 1.00 bits per heavy atom. The van der Waals surface area contributed by atoms with E-state index in [1.807, 2.05) is 47.4 Å². The molecule has 6 heterocycles. The Morgan fingerprint density at radius 3 is 2.36 bits per heavy atom. The maximum Gasteiger partial charge on any atom is 0.294 e. The molecule has 42 heavy (non-hydrogen) atoms.